The summed E-state index contributed by atoms with van der Waals surface area (Å²) in [6.45, 7) is 3.04. The Balaban J connectivity index is 1.46. The van der Waals surface area contributed by atoms with E-state index >= 15 is 4.39 Å². The number of halogens is 7. The number of hydrogen-bond donors (Lipinski definition) is 2. The maximum Gasteiger partial charge on any atom is 0.418 e. The zero-order chi connectivity index (χ0) is 34.1. The van der Waals surface area contributed by atoms with Crippen LogP contribution in [0.15, 0.2) is 30.5 Å². The van der Waals surface area contributed by atoms with Crippen LogP contribution in [-0.4, -0.2) is 64.4 Å². The van der Waals surface area contributed by atoms with Crippen LogP contribution in [0.4, 0.5) is 39.3 Å². The van der Waals surface area contributed by atoms with Crippen molar-refractivity contribution >= 4 is 51.4 Å². The van der Waals surface area contributed by atoms with Gasteiger partial charge in [-0.05, 0) is 44.5 Å². The van der Waals surface area contributed by atoms with Crippen molar-refractivity contribution < 1.29 is 31.4 Å². The third-order valence-electron chi connectivity index (χ3n) is 9.48. The van der Waals surface area contributed by atoms with Crippen molar-refractivity contribution in [1.29, 1.82) is 0 Å². The van der Waals surface area contributed by atoms with E-state index in [1.807, 2.05) is 11.8 Å². The standard InChI is InChI=1S/C32H30Cl2F5N7O2/c1-15(18-4-2-6-42-28(18)41)46-8-9-47-27-22-26(25(36)21(24(27)34)19-10-17(40)11-20(33)23(19)32(37,38)39)43-30(44-29(22)46)48-14-31-5-3-7-45(31)13-16(35)12-31/h2,4,6,10-11,15-16H,3,5,7-9,12-14,40H2,1H3,(H2,41,42)/t15-,16-,31+/m1/s1. The molecule has 5 heterocycles. The molecule has 0 amide bonds. The molecule has 254 valence electrons. The van der Waals surface area contributed by atoms with E-state index in [4.69, 9.17) is 49.1 Å². The quantitative estimate of drug-likeness (QED) is 0.158. The molecule has 9 nitrogen and oxygen atoms in total. The number of fused-ring (bicyclic) bond motifs is 1. The first-order chi connectivity index (χ1) is 22.8. The second-order valence-corrected chi connectivity index (χ2v) is 13.2. The number of benzene rings is 2. The van der Waals surface area contributed by atoms with Gasteiger partial charge in [-0.2, -0.15) is 23.1 Å². The summed E-state index contributed by atoms with van der Waals surface area (Å²) in [7, 11) is 0. The third kappa shape index (κ3) is 5.37. The van der Waals surface area contributed by atoms with Crippen LogP contribution in [0.1, 0.15) is 43.4 Å². The first-order valence-electron chi connectivity index (χ1n) is 15.3. The van der Waals surface area contributed by atoms with Crippen molar-refractivity contribution in [2.75, 3.05) is 49.2 Å². The molecule has 3 atom stereocenters. The number of hydrogen-bond acceptors (Lipinski definition) is 9. The van der Waals surface area contributed by atoms with E-state index in [-0.39, 0.29) is 67.2 Å². The molecule has 2 aromatic carbocycles. The molecular formula is C32H30Cl2F5N7O2. The van der Waals surface area contributed by atoms with Crippen LogP contribution in [0.5, 0.6) is 11.8 Å². The van der Waals surface area contributed by atoms with Gasteiger partial charge in [0, 0.05) is 41.5 Å². The number of aromatic nitrogens is 3. The predicted octanol–water partition coefficient (Wildman–Crippen LogP) is 7.24. The van der Waals surface area contributed by atoms with E-state index in [9.17, 15) is 17.6 Å². The van der Waals surface area contributed by atoms with Crippen LogP contribution in [0.2, 0.25) is 10.0 Å². The van der Waals surface area contributed by atoms with Crippen LogP contribution in [0, 0.1) is 5.82 Å². The Bertz CT molecular complexity index is 1930. The molecule has 0 unspecified atom stereocenters. The van der Waals surface area contributed by atoms with Gasteiger partial charge in [0.25, 0.3) is 0 Å². The molecule has 7 rings (SSSR count). The molecule has 2 saturated heterocycles. The Kier molecular flexibility index (Phi) is 8.11. The predicted molar refractivity (Wildman–Crippen MR) is 173 cm³/mol. The molecule has 3 aliphatic rings. The maximum atomic E-state index is 17.0. The fourth-order valence-electron chi connectivity index (χ4n) is 7.32. The van der Waals surface area contributed by atoms with Gasteiger partial charge < -0.3 is 25.8 Å². The van der Waals surface area contributed by atoms with Gasteiger partial charge in [0.05, 0.1) is 39.1 Å². The number of nitrogen functional groups attached to an aromatic ring is 2. The Morgan fingerprint density at radius 1 is 1.19 bits per heavy atom. The Hall–Kier alpha value is -3.88. The summed E-state index contributed by atoms with van der Waals surface area (Å²) in [5.41, 5.74) is 8.98. The van der Waals surface area contributed by atoms with E-state index < -0.39 is 62.0 Å². The van der Waals surface area contributed by atoms with Crippen molar-refractivity contribution in [3.8, 4) is 22.9 Å². The number of alkyl halides is 4. The lowest BCUT2D eigenvalue weighted by Gasteiger charge is -2.32. The summed E-state index contributed by atoms with van der Waals surface area (Å²) in [6, 6.07) is 4.65. The van der Waals surface area contributed by atoms with Crippen LogP contribution in [0.3, 0.4) is 0 Å². The number of nitrogens with two attached hydrogens (primary N) is 2. The molecule has 0 radical (unpaired) electrons. The van der Waals surface area contributed by atoms with Gasteiger partial charge in [0.15, 0.2) is 11.6 Å². The zero-order valence-corrected chi connectivity index (χ0v) is 27.1. The molecule has 0 saturated carbocycles. The zero-order valence-electron chi connectivity index (χ0n) is 25.6. The lowest BCUT2D eigenvalue weighted by Crippen LogP contribution is -2.43. The van der Waals surface area contributed by atoms with E-state index in [0.29, 0.717) is 18.5 Å². The van der Waals surface area contributed by atoms with E-state index in [0.717, 1.165) is 18.6 Å². The smallest absolute Gasteiger partial charge is 0.418 e. The highest BCUT2D eigenvalue weighted by Gasteiger charge is 2.49. The second kappa shape index (κ2) is 11.9. The maximum absolute atomic E-state index is 17.0. The molecule has 4 aromatic rings. The summed E-state index contributed by atoms with van der Waals surface area (Å²) in [4.78, 5) is 17.1. The minimum atomic E-state index is -5.00. The fraction of sp³-hybridized carbons (Fsp3) is 0.406. The molecule has 0 bridgehead atoms. The van der Waals surface area contributed by atoms with Crippen molar-refractivity contribution in [3.63, 3.8) is 0 Å². The first kappa shape index (κ1) is 32.7. The average Bonchev–Trinajstić information content (AvgIpc) is 3.46. The summed E-state index contributed by atoms with van der Waals surface area (Å²) in [5.74, 6) is -0.897. The van der Waals surface area contributed by atoms with Crippen LogP contribution in [-0.2, 0) is 6.18 Å². The normalized spacial score (nSPS) is 21.7. The van der Waals surface area contributed by atoms with Gasteiger partial charge in [-0.25, -0.2) is 13.8 Å². The molecule has 0 aliphatic carbocycles. The van der Waals surface area contributed by atoms with Crippen molar-refractivity contribution in [3.05, 3.63) is 57.5 Å². The molecule has 2 fully saturated rings. The van der Waals surface area contributed by atoms with Gasteiger partial charge in [-0.15, -0.1) is 0 Å². The van der Waals surface area contributed by atoms with Crippen LogP contribution < -0.4 is 25.8 Å². The topological polar surface area (TPSA) is 116 Å². The number of rotatable bonds is 6. The molecule has 3 aliphatic heterocycles. The lowest BCUT2D eigenvalue weighted by molar-refractivity contribution is -0.137. The van der Waals surface area contributed by atoms with Gasteiger partial charge in [-0.3, -0.25) is 4.90 Å². The fourth-order valence-corrected chi connectivity index (χ4v) is 7.99. The first-order valence-corrected chi connectivity index (χ1v) is 16.1. The third-order valence-corrected chi connectivity index (χ3v) is 10.1. The Labute approximate surface area is 281 Å². The minimum Gasteiger partial charge on any atom is -0.489 e. The van der Waals surface area contributed by atoms with E-state index in [1.54, 1.807) is 23.2 Å². The highest BCUT2D eigenvalue weighted by molar-refractivity contribution is 6.37. The van der Waals surface area contributed by atoms with Crippen LogP contribution >= 0.6 is 23.2 Å². The number of ether oxygens (including phenoxy) is 2. The monoisotopic (exact) mass is 709 g/mol. The molecule has 16 heteroatoms. The number of pyridine rings is 1. The largest absolute Gasteiger partial charge is 0.489 e. The van der Waals surface area contributed by atoms with Gasteiger partial charge in [0.2, 0.25) is 0 Å². The van der Waals surface area contributed by atoms with Crippen molar-refractivity contribution in [1.82, 2.24) is 19.9 Å². The van der Waals surface area contributed by atoms with Gasteiger partial charge in [0.1, 0.15) is 36.5 Å². The van der Waals surface area contributed by atoms with Gasteiger partial charge >= 0.3 is 12.2 Å². The Morgan fingerprint density at radius 3 is 2.73 bits per heavy atom. The number of anilines is 3. The highest BCUT2D eigenvalue weighted by Crippen LogP contribution is 2.52. The van der Waals surface area contributed by atoms with E-state index in [2.05, 4.69) is 9.97 Å². The summed E-state index contributed by atoms with van der Waals surface area (Å²) in [5, 5.41) is -1.15. The summed E-state index contributed by atoms with van der Waals surface area (Å²) < 4.78 is 86.8. The SMILES string of the molecule is C[C@H](c1cccnc1N)N1CCOc2c(Cl)c(-c3cc(N)cc(Cl)c3C(F)(F)F)c(F)c3nc(OC[C@@]45CCCN4C[C@H](F)C5)nc1c23. The lowest BCUT2D eigenvalue weighted by atomic mass is 9.95. The summed E-state index contributed by atoms with van der Waals surface area (Å²) in [6.07, 6.45) is -2.65. The van der Waals surface area contributed by atoms with Crippen molar-refractivity contribution in [2.24, 2.45) is 0 Å². The van der Waals surface area contributed by atoms with Crippen LogP contribution in [0.25, 0.3) is 22.0 Å². The molecule has 48 heavy (non-hydrogen) atoms. The number of nitrogens with zero attached hydrogens (tertiary/aromatic N) is 5. The molecule has 4 N–H and O–H groups in total. The minimum absolute atomic E-state index is 0.0171. The van der Waals surface area contributed by atoms with Gasteiger partial charge in [-0.1, -0.05) is 29.3 Å². The summed E-state index contributed by atoms with van der Waals surface area (Å²) >= 11 is 12.8. The van der Waals surface area contributed by atoms with Crippen molar-refractivity contribution in [2.45, 2.75) is 50.1 Å². The molecule has 2 aromatic heterocycles. The Morgan fingerprint density at radius 2 is 1.98 bits per heavy atom. The molecular weight excluding hydrogens is 680 g/mol. The second-order valence-electron chi connectivity index (χ2n) is 12.4. The average molecular weight is 711 g/mol. The van der Waals surface area contributed by atoms with E-state index in [1.165, 1.54) is 0 Å². The highest BCUT2D eigenvalue weighted by atomic mass is 35.5. The molecule has 0 spiro atoms.